The van der Waals surface area contributed by atoms with Crippen molar-refractivity contribution in [3.05, 3.63) is 29.6 Å². The number of hydrogen-bond donors (Lipinski definition) is 1. The number of nitrogens with one attached hydrogen (secondary N) is 1. The van der Waals surface area contributed by atoms with Crippen LogP contribution in [0.15, 0.2) is 18.2 Å². The minimum absolute atomic E-state index is 0.542. The number of aromatic nitrogens is 1. The third-order valence-electron chi connectivity index (χ3n) is 4.63. The van der Waals surface area contributed by atoms with E-state index in [1.54, 1.807) is 0 Å². The Bertz CT molecular complexity index is 418. The van der Waals surface area contributed by atoms with Gasteiger partial charge in [-0.15, -0.1) is 0 Å². The van der Waals surface area contributed by atoms with E-state index in [-0.39, 0.29) is 0 Å². The maximum atomic E-state index is 4.64. The third kappa shape index (κ3) is 3.15. The second kappa shape index (κ2) is 5.59. The zero-order chi connectivity index (χ0) is 13.1. The lowest BCUT2D eigenvalue weighted by Crippen LogP contribution is -2.50. The van der Waals surface area contributed by atoms with Crippen LogP contribution in [0.2, 0.25) is 0 Å². The fourth-order valence-electron chi connectivity index (χ4n) is 3.74. The molecule has 1 atom stereocenters. The maximum Gasteiger partial charge on any atom is 0.0547 e. The quantitative estimate of drug-likeness (QED) is 0.883. The predicted octanol–water partition coefficient (Wildman–Crippen LogP) is 2.36. The lowest BCUT2D eigenvalue weighted by molar-refractivity contribution is 0.0593. The molecule has 104 valence electrons. The van der Waals surface area contributed by atoms with E-state index in [0.717, 1.165) is 12.2 Å². The summed E-state index contributed by atoms with van der Waals surface area (Å²) in [7, 11) is 0. The van der Waals surface area contributed by atoms with Crippen molar-refractivity contribution in [1.82, 2.24) is 15.2 Å². The molecule has 3 rings (SSSR count). The fourth-order valence-corrected chi connectivity index (χ4v) is 3.74. The van der Waals surface area contributed by atoms with E-state index >= 15 is 0 Å². The Morgan fingerprint density at radius 3 is 3.00 bits per heavy atom. The molecule has 0 radical (unpaired) electrons. The smallest absolute Gasteiger partial charge is 0.0547 e. The van der Waals surface area contributed by atoms with Crippen molar-refractivity contribution in [2.75, 3.05) is 26.2 Å². The number of hydrogen-bond acceptors (Lipinski definition) is 3. The molecule has 2 fully saturated rings. The summed E-state index contributed by atoms with van der Waals surface area (Å²) in [5.41, 5.74) is 2.89. The van der Waals surface area contributed by atoms with Gasteiger partial charge in [0.2, 0.25) is 0 Å². The Kier molecular flexibility index (Phi) is 3.85. The van der Waals surface area contributed by atoms with Gasteiger partial charge in [-0.1, -0.05) is 6.07 Å². The van der Waals surface area contributed by atoms with Gasteiger partial charge >= 0.3 is 0 Å². The average Bonchev–Trinajstić information content (AvgIpc) is 2.40. The molecule has 1 aromatic heterocycles. The second-order valence-corrected chi connectivity index (χ2v) is 6.36. The van der Waals surface area contributed by atoms with E-state index in [1.165, 1.54) is 57.6 Å². The molecule has 2 saturated heterocycles. The lowest BCUT2D eigenvalue weighted by atomic mass is 9.74. The van der Waals surface area contributed by atoms with E-state index in [9.17, 15) is 0 Å². The summed E-state index contributed by atoms with van der Waals surface area (Å²) >= 11 is 0. The van der Waals surface area contributed by atoms with Crippen molar-refractivity contribution >= 4 is 0 Å². The van der Waals surface area contributed by atoms with Crippen LogP contribution in [0.4, 0.5) is 0 Å². The molecule has 0 aliphatic carbocycles. The van der Waals surface area contributed by atoms with Gasteiger partial charge in [0.05, 0.1) is 5.69 Å². The van der Waals surface area contributed by atoms with Gasteiger partial charge in [0.25, 0.3) is 0 Å². The molecule has 3 heteroatoms. The second-order valence-electron chi connectivity index (χ2n) is 6.36. The minimum Gasteiger partial charge on any atom is -0.316 e. The maximum absolute atomic E-state index is 4.64. The molecule has 3 nitrogen and oxygen atoms in total. The van der Waals surface area contributed by atoms with Crippen LogP contribution in [-0.2, 0) is 6.54 Å². The van der Waals surface area contributed by atoms with Crippen LogP contribution in [-0.4, -0.2) is 36.1 Å². The van der Waals surface area contributed by atoms with Crippen LogP contribution >= 0.6 is 0 Å². The van der Waals surface area contributed by atoms with Crippen LogP contribution in [0.3, 0.4) is 0 Å². The van der Waals surface area contributed by atoms with Gasteiger partial charge in [-0.25, -0.2) is 0 Å². The molecule has 19 heavy (non-hydrogen) atoms. The first-order chi connectivity index (χ1) is 9.26. The molecule has 0 amide bonds. The highest BCUT2D eigenvalue weighted by Crippen LogP contribution is 2.36. The summed E-state index contributed by atoms with van der Waals surface area (Å²) in [6.45, 7) is 7.99. The van der Waals surface area contributed by atoms with Crippen LogP contribution in [0.5, 0.6) is 0 Å². The number of piperidine rings is 2. The molecular formula is C16H25N3. The summed E-state index contributed by atoms with van der Waals surface area (Å²) in [4.78, 5) is 7.25. The molecule has 2 aliphatic rings. The number of nitrogens with zero attached hydrogens (tertiary/aromatic N) is 2. The van der Waals surface area contributed by atoms with Crippen LogP contribution in [0, 0.1) is 12.3 Å². The highest BCUT2D eigenvalue weighted by Gasteiger charge is 2.36. The van der Waals surface area contributed by atoms with Crippen LogP contribution in [0.1, 0.15) is 37.1 Å². The number of rotatable bonds is 2. The molecule has 3 heterocycles. The van der Waals surface area contributed by atoms with Crippen molar-refractivity contribution < 1.29 is 0 Å². The van der Waals surface area contributed by atoms with Gasteiger partial charge in [0, 0.05) is 25.3 Å². The van der Waals surface area contributed by atoms with Crippen LogP contribution < -0.4 is 5.32 Å². The number of likely N-dealkylation sites (tertiary alicyclic amines) is 1. The van der Waals surface area contributed by atoms with Gasteiger partial charge in [0.1, 0.15) is 0 Å². The Hall–Kier alpha value is -0.930. The van der Waals surface area contributed by atoms with Gasteiger partial charge in [-0.05, 0) is 63.2 Å². The van der Waals surface area contributed by atoms with E-state index in [2.05, 4.69) is 40.3 Å². The summed E-state index contributed by atoms with van der Waals surface area (Å²) in [6.07, 6.45) is 5.49. The SMILES string of the molecule is Cc1cccc(CN2CCCC3(CCCNC3)C2)n1. The standard InChI is InChI=1S/C16H25N3/c1-14-5-2-6-15(18-14)11-19-10-4-8-16(13-19)7-3-9-17-12-16/h2,5-6,17H,3-4,7-13H2,1H3. The Morgan fingerprint density at radius 2 is 2.21 bits per heavy atom. The molecule has 0 bridgehead atoms. The molecule has 0 aromatic carbocycles. The minimum atomic E-state index is 0.542. The Labute approximate surface area is 116 Å². The summed E-state index contributed by atoms with van der Waals surface area (Å²) in [5.74, 6) is 0. The Balaban J connectivity index is 1.65. The number of pyridine rings is 1. The fraction of sp³-hybridized carbons (Fsp3) is 0.688. The summed E-state index contributed by atoms with van der Waals surface area (Å²) in [5, 5.41) is 3.60. The van der Waals surface area contributed by atoms with Crippen molar-refractivity contribution in [3.8, 4) is 0 Å². The Morgan fingerprint density at radius 1 is 1.32 bits per heavy atom. The predicted molar refractivity (Wildman–Crippen MR) is 78.0 cm³/mol. The zero-order valence-electron chi connectivity index (χ0n) is 12.0. The molecule has 1 unspecified atom stereocenters. The van der Waals surface area contributed by atoms with Crippen molar-refractivity contribution in [3.63, 3.8) is 0 Å². The molecule has 1 aromatic rings. The van der Waals surface area contributed by atoms with E-state index in [1.807, 2.05) is 0 Å². The molecule has 0 saturated carbocycles. The van der Waals surface area contributed by atoms with Gasteiger partial charge in [-0.2, -0.15) is 0 Å². The van der Waals surface area contributed by atoms with Gasteiger partial charge in [-0.3, -0.25) is 9.88 Å². The highest BCUT2D eigenvalue weighted by molar-refractivity contribution is 5.10. The molecule has 1 N–H and O–H groups in total. The third-order valence-corrected chi connectivity index (χ3v) is 4.63. The van der Waals surface area contributed by atoms with Crippen molar-refractivity contribution in [2.24, 2.45) is 5.41 Å². The highest BCUT2D eigenvalue weighted by atomic mass is 15.2. The van der Waals surface area contributed by atoms with E-state index < -0.39 is 0 Å². The lowest BCUT2D eigenvalue weighted by Gasteiger charge is -2.45. The average molecular weight is 259 g/mol. The summed E-state index contributed by atoms with van der Waals surface area (Å²) in [6, 6.07) is 6.36. The zero-order valence-corrected chi connectivity index (χ0v) is 12.0. The monoisotopic (exact) mass is 259 g/mol. The van der Waals surface area contributed by atoms with Crippen molar-refractivity contribution in [2.45, 2.75) is 39.2 Å². The largest absolute Gasteiger partial charge is 0.316 e. The topological polar surface area (TPSA) is 28.2 Å². The normalized spacial score (nSPS) is 28.7. The first-order valence-corrected chi connectivity index (χ1v) is 7.61. The molecule has 2 aliphatic heterocycles. The van der Waals surface area contributed by atoms with E-state index in [0.29, 0.717) is 5.41 Å². The molecule has 1 spiro atoms. The molecular weight excluding hydrogens is 234 g/mol. The van der Waals surface area contributed by atoms with Crippen molar-refractivity contribution in [1.29, 1.82) is 0 Å². The first kappa shape index (κ1) is 13.1. The number of aryl methyl sites for hydroxylation is 1. The van der Waals surface area contributed by atoms with Crippen LogP contribution in [0.25, 0.3) is 0 Å². The summed E-state index contributed by atoms with van der Waals surface area (Å²) < 4.78 is 0. The van der Waals surface area contributed by atoms with Gasteiger partial charge < -0.3 is 5.32 Å². The van der Waals surface area contributed by atoms with E-state index in [4.69, 9.17) is 0 Å². The van der Waals surface area contributed by atoms with Gasteiger partial charge in [0.15, 0.2) is 0 Å². The first-order valence-electron chi connectivity index (χ1n) is 7.61.